The molecule has 1 aliphatic rings. The lowest BCUT2D eigenvalue weighted by atomic mass is 10.2. The molecule has 0 aliphatic carbocycles. The molecule has 2 amide bonds. The van der Waals surface area contributed by atoms with Crippen molar-refractivity contribution in [3.63, 3.8) is 0 Å². The second kappa shape index (κ2) is 7.65. The summed E-state index contributed by atoms with van der Waals surface area (Å²) < 4.78 is 0. The molecule has 0 atom stereocenters. The van der Waals surface area contributed by atoms with Crippen LogP contribution in [-0.4, -0.2) is 36.4 Å². The normalized spacial score (nSPS) is 14.3. The van der Waals surface area contributed by atoms with E-state index in [-0.39, 0.29) is 11.8 Å². The second-order valence-electron chi connectivity index (χ2n) is 6.00. The Bertz CT molecular complexity index is 770. The molecule has 1 saturated heterocycles. The van der Waals surface area contributed by atoms with Crippen LogP contribution in [0.2, 0.25) is 0 Å². The van der Waals surface area contributed by atoms with Crippen molar-refractivity contribution in [2.45, 2.75) is 26.8 Å². The van der Waals surface area contributed by atoms with Crippen LogP contribution < -0.4 is 15.5 Å². The number of thiazole rings is 1. The Hall–Kier alpha value is -2.41. The number of nitrogens with zero attached hydrogens (tertiary/aromatic N) is 2. The van der Waals surface area contributed by atoms with Gasteiger partial charge in [0.25, 0.3) is 5.91 Å². The molecule has 2 aromatic rings. The van der Waals surface area contributed by atoms with E-state index in [1.165, 1.54) is 11.3 Å². The standard InChI is InChI=1S/C18H22N4O2S/c1-3-16-21-12(2)17(25-16)18(24)20-10-13-4-6-14(7-5-13)22-9-8-19-15(23)11-22/h4-7H,3,8-11H2,1-2H3,(H,19,23)(H,20,24). The van der Waals surface area contributed by atoms with E-state index in [1.807, 2.05) is 43.0 Å². The maximum Gasteiger partial charge on any atom is 0.263 e. The van der Waals surface area contributed by atoms with E-state index in [0.29, 0.717) is 24.5 Å². The summed E-state index contributed by atoms with van der Waals surface area (Å²) in [7, 11) is 0. The van der Waals surface area contributed by atoms with Crippen LogP contribution in [0.25, 0.3) is 0 Å². The van der Waals surface area contributed by atoms with Crippen molar-refractivity contribution in [2.24, 2.45) is 0 Å². The van der Waals surface area contributed by atoms with E-state index in [2.05, 4.69) is 15.6 Å². The van der Waals surface area contributed by atoms with Gasteiger partial charge >= 0.3 is 0 Å². The van der Waals surface area contributed by atoms with Gasteiger partial charge in [-0.25, -0.2) is 4.98 Å². The zero-order valence-corrected chi connectivity index (χ0v) is 15.3. The van der Waals surface area contributed by atoms with Crippen molar-refractivity contribution in [2.75, 3.05) is 24.5 Å². The minimum absolute atomic E-state index is 0.0500. The van der Waals surface area contributed by atoms with Crippen molar-refractivity contribution in [1.82, 2.24) is 15.6 Å². The summed E-state index contributed by atoms with van der Waals surface area (Å²) in [5.74, 6) is -0.0274. The minimum Gasteiger partial charge on any atom is -0.360 e. The van der Waals surface area contributed by atoms with E-state index < -0.39 is 0 Å². The maximum absolute atomic E-state index is 12.3. The van der Waals surface area contributed by atoms with Gasteiger partial charge in [-0.3, -0.25) is 9.59 Å². The van der Waals surface area contributed by atoms with Crippen LogP contribution in [0.1, 0.15) is 32.9 Å². The lowest BCUT2D eigenvalue weighted by Gasteiger charge is -2.28. The lowest BCUT2D eigenvalue weighted by Crippen LogP contribution is -2.47. The van der Waals surface area contributed by atoms with E-state index in [4.69, 9.17) is 0 Å². The summed E-state index contributed by atoms with van der Waals surface area (Å²) in [4.78, 5) is 30.9. The second-order valence-corrected chi connectivity index (χ2v) is 7.08. The third-order valence-electron chi connectivity index (χ3n) is 4.14. The fraction of sp³-hybridized carbons (Fsp3) is 0.389. The quantitative estimate of drug-likeness (QED) is 0.856. The number of hydrogen-bond donors (Lipinski definition) is 2. The van der Waals surface area contributed by atoms with Gasteiger partial charge in [-0.15, -0.1) is 11.3 Å². The average Bonchev–Trinajstić information content (AvgIpc) is 3.01. The fourth-order valence-electron chi connectivity index (χ4n) is 2.76. The number of aryl methyl sites for hydroxylation is 2. The number of carbonyl (C=O) groups is 2. The zero-order chi connectivity index (χ0) is 17.8. The highest BCUT2D eigenvalue weighted by molar-refractivity contribution is 7.13. The van der Waals surface area contributed by atoms with Gasteiger partial charge in [-0.05, 0) is 31.0 Å². The number of anilines is 1. The molecule has 2 heterocycles. The van der Waals surface area contributed by atoms with Crippen molar-refractivity contribution >= 4 is 28.8 Å². The number of carbonyl (C=O) groups excluding carboxylic acids is 2. The summed E-state index contributed by atoms with van der Waals surface area (Å²) in [5.41, 5.74) is 2.84. The highest BCUT2D eigenvalue weighted by atomic mass is 32.1. The summed E-state index contributed by atoms with van der Waals surface area (Å²) in [6.45, 7) is 6.25. The van der Waals surface area contributed by atoms with Crippen LogP contribution in [0.15, 0.2) is 24.3 Å². The van der Waals surface area contributed by atoms with Crippen molar-refractivity contribution in [1.29, 1.82) is 0 Å². The summed E-state index contributed by atoms with van der Waals surface area (Å²) in [5, 5.41) is 6.76. The molecule has 1 aromatic carbocycles. The Labute approximate surface area is 151 Å². The largest absolute Gasteiger partial charge is 0.360 e. The van der Waals surface area contributed by atoms with Crippen molar-refractivity contribution < 1.29 is 9.59 Å². The molecule has 3 rings (SSSR count). The molecule has 0 radical (unpaired) electrons. The Morgan fingerprint density at radius 2 is 2.12 bits per heavy atom. The Morgan fingerprint density at radius 3 is 2.76 bits per heavy atom. The van der Waals surface area contributed by atoms with Gasteiger partial charge in [0.1, 0.15) is 4.88 Å². The first-order valence-corrected chi connectivity index (χ1v) is 9.23. The topological polar surface area (TPSA) is 74.3 Å². The van der Waals surface area contributed by atoms with Gasteiger partial charge in [-0.1, -0.05) is 19.1 Å². The molecule has 6 nitrogen and oxygen atoms in total. The van der Waals surface area contributed by atoms with Gasteiger partial charge < -0.3 is 15.5 Å². The summed E-state index contributed by atoms with van der Waals surface area (Å²) >= 11 is 1.46. The molecule has 0 spiro atoms. The number of nitrogens with one attached hydrogen (secondary N) is 2. The third kappa shape index (κ3) is 4.17. The molecule has 1 aliphatic heterocycles. The molecule has 0 saturated carbocycles. The molecule has 1 fully saturated rings. The lowest BCUT2D eigenvalue weighted by molar-refractivity contribution is -0.120. The Morgan fingerprint density at radius 1 is 1.36 bits per heavy atom. The number of benzene rings is 1. The summed E-state index contributed by atoms with van der Waals surface area (Å²) in [6.07, 6.45) is 0.842. The maximum atomic E-state index is 12.3. The van der Waals surface area contributed by atoms with Crippen LogP contribution in [0.4, 0.5) is 5.69 Å². The minimum atomic E-state index is -0.0773. The number of rotatable bonds is 5. The SMILES string of the molecule is CCc1nc(C)c(C(=O)NCc2ccc(N3CCNC(=O)C3)cc2)s1. The molecule has 1 aromatic heterocycles. The number of aromatic nitrogens is 1. The van der Waals surface area contributed by atoms with Gasteiger partial charge in [0.05, 0.1) is 17.2 Å². The van der Waals surface area contributed by atoms with E-state index >= 15 is 0 Å². The number of piperazine rings is 1. The fourth-order valence-corrected chi connectivity index (χ4v) is 3.68. The van der Waals surface area contributed by atoms with Crippen LogP contribution in [-0.2, 0) is 17.8 Å². The summed E-state index contributed by atoms with van der Waals surface area (Å²) in [6, 6.07) is 7.96. The van der Waals surface area contributed by atoms with Crippen molar-refractivity contribution in [3.05, 3.63) is 45.4 Å². The highest BCUT2D eigenvalue weighted by Crippen LogP contribution is 2.19. The van der Waals surface area contributed by atoms with Gasteiger partial charge in [0.2, 0.25) is 5.91 Å². The average molecular weight is 358 g/mol. The molecule has 25 heavy (non-hydrogen) atoms. The van der Waals surface area contributed by atoms with Crippen LogP contribution in [0.3, 0.4) is 0 Å². The van der Waals surface area contributed by atoms with Gasteiger partial charge in [0.15, 0.2) is 0 Å². The first kappa shape index (κ1) is 17.4. The molecular weight excluding hydrogens is 336 g/mol. The molecule has 0 unspecified atom stereocenters. The van der Waals surface area contributed by atoms with Crippen LogP contribution in [0, 0.1) is 6.92 Å². The van der Waals surface area contributed by atoms with E-state index in [0.717, 1.165) is 34.9 Å². The third-order valence-corrected chi connectivity index (χ3v) is 5.44. The first-order valence-electron chi connectivity index (χ1n) is 8.42. The van der Waals surface area contributed by atoms with E-state index in [9.17, 15) is 9.59 Å². The highest BCUT2D eigenvalue weighted by Gasteiger charge is 2.17. The zero-order valence-electron chi connectivity index (χ0n) is 14.5. The number of amides is 2. The molecular formula is C18H22N4O2S. The molecule has 7 heteroatoms. The number of hydrogen-bond acceptors (Lipinski definition) is 5. The monoisotopic (exact) mass is 358 g/mol. The van der Waals surface area contributed by atoms with Crippen LogP contribution in [0.5, 0.6) is 0 Å². The molecule has 0 bridgehead atoms. The van der Waals surface area contributed by atoms with E-state index in [1.54, 1.807) is 0 Å². The van der Waals surface area contributed by atoms with Gasteiger partial charge in [0, 0.05) is 25.3 Å². The Kier molecular flexibility index (Phi) is 5.33. The Balaban J connectivity index is 1.59. The van der Waals surface area contributed by atoms with Crippen LogP contribution >= 0.6 is 11.3 Å². The first-order chi connectivity index (χ1) is 12.1. The predicted molar refractivity (Wildman–Crippen MR) is 99.1 cm³/mol. The van der Waals surface area contributed by atoms with Gasteiger partial charge in [-0.2, -0.15) is 0 Å². The molecule has 132 valence electrons. The predicted octanol–water partition coefficient (Wildman–Crippen LogP) is 1.88. The molecule has 2 N–H and O–H groups in total. The smallest absolute Gasteiger partial charge is 0.263 e. The van der Waals surface area contributed by atoms with Crippen molar-refractivity contribution in [3.8, 4) is 0 Å².